The molecule has 0 radical (unpaired) electrons. The van der Waals surface area contributed by atoms with E-state index in [0.717, 1.165) is 6.07 Å². The third-order valence-corrected chi connectivity index (χ3v) is 5.03. The molecule has 0 spiro atoms. The number of nitrogens with zero attached hydrogens (tertiary/aromatic N) is 3. The zero-order valence-electron chi connectivity index (χ0n) is 14.1. The number of nitrogens with one attached hydrogen (secondary N) is 2. The van der Waals surface area contributed by atoms with Gasteiger partial charge in [-0.15, -0.1) is 0 Å². The molecule has 0 aliphatic rings. The number of rotatable bonds is 6. The molecule has 10 nitrogen and oxygen atoms in total. The Hall–Kier alpha value is -3.34. The summed E-state index contributed by atoms with van der Waals surface area (Å²) >= 11 is 1.17. The van der Waals surface area contributed by atoms with Crippen LogP contribution in [-0.4, -0.2) is 47.3 Å². The second-order valence-corrected chi connectivity index (χ2v) is 6.72. The maximum absolute atomic E-state index is 12.7. The quantitative estimate of drug-likeness (QED) is 0.240. The highest BCUT2D eigenvalue weighted by atomic mass is 32.2. The number of carboxylic acid groups (broad SMARTS) is 1. The molecule has 2 heterocycles. The summed E-state index contributed by atoms with van der Waals surface area (Å²) in [6.45, 7) is 1.82. The number of aromatic hydroxyl groups is 1. The topological polar surface area (TPSA) is 167 Å². The van der Waals surface area contributed by atoms with Crippen molar-refractivity contribution in [3.63, 3.8) is 0 Å². The van der Waals surface area contributed by atoms with E-state index < -0.39 is 17.1 Å². The molecule has 3 rings (SSSR count). The molecule has 0 bridgehead atoms. The fraction of sp³-hybridized carbons (Fsp3) is 0.188. The van der Waals surface area contributed by atoms with Crippen molar-refractivity contribution in [2.45, 2.75) is 23.6 Å². The standard InChI is InChI=1S/C16H16N6O4S/c1-2-10(27-14-11-12(19-6-18-11)21-16(17)22-14)13(24)20-9-4-3-7(23)5-8(9)15(25)26/h3-6,10,23H,2H2,1H3,(H,20,24)(H,25,26)(H3,17,18,19,21,22)/t10-/m0/s1. The lowest BCUT2D eigenvalue weighted by Crippen LogP contribution is -2.25. The molecule has 3 aromatic rings. The third-order valence-electron chi connectivity index (χ3n) is 3.68. The second kappa shape index (κ2) is 7.50. The lowest BCUT2D eigenvalue weighted by molar-refractivity contribution is -0.115. The van der Waals surface area contributed by atoms with Crippen molar-refractivity contribution in [3.8, 4) is 5.75 Å². The number of hydrogen-bond donors (Lipinski definition) is 5. The number of phenolic OH excluding ortho intramolecular Hbond substituents is 1. The number of H-pyrrole nitrogens is 1. The van der Waals surface area contributed by atoms with Crippen molar-refractivity contribution in [3.05, 3.63) is 30.1 Å². The van der Waals surface area contributed by atoms with Gasteiger partial charge in [0.15, 0.2) is 5.65 Å². The van der Waals surface area contributed by atoms with Gasteiger partial charge in [0.1, 0.15) is 16.3 Å². The first-order valence-corrected chi connectivity index (χ1v) is 8.77. The molecule has 0 saturated heterocycles. The minimum absolute atomic E-state index is 0.0408. The number of hydrogen-bond acceptors (Lipinski definition) is 8. The summed E-state index contributed by atoms with van der Waals surface area (Å²) in [6, 6.07) is 3.71. The number of nitrogen functional groups attached to an aromatic ring is 1. The Labute approximate surface area is 157 Å². The highest BCUT2D eigenvalue weighted by Crippen LogP contribution is 2.30. The van der Waals surface area contributed by atoms with Crippen LogP contribution in [0.15, 0.2) is 29.6 Å². The maximum atomic E-state index is 12.7. The van der Waals surface area contributed by atoms with E-state index in [9.17, 15) is 19.8 Å². The van der Waals surface area contributed by atoms with Gasteiger partial charge in [-0.05, 0) is 24.6 Å². The average Bonchev–Trinajstić information content (AvgIpc) is 3.09. The van der Waals surface area contributed by atoms with Gasteiger partial charge in [-0.3, -0.25) is 4.79 Å². The highest BCUT2D eigenvalue weighted by Gasteiger charge is 2.23. The monoisotopic (exact) mass is 388 g/mol. The van der Waals surface area contributed by atoms with Crippen LogP contribution in [0, 0.1) is 0 Å². The molecule has 1 amide bonds. The number of carbonyl (C=O) groups excluding carboxylic acids is 1. The number of anilines is 2. The number of carboxylic acids is 1. The summed E-state index contributed by atoms with van der Waals surface area (Å²) in [4.78, 5) is 39.1. The number of imidazole rings is 1. The van der Waals surface area contributed by atoms with Gasteiger partial charge in [0.25, 0.3) is 0 Å². The van der Waals surface area contributed by atoms with Crippen LogP contribution in [0.25, 0.3) is 11.2 Å². The average molecular weight is 388 g/mol. The molecule has 0 unspecified atom stereocenters. The van der Waals surface area contributed by atoms with E-state index in [2.05, 4.69) is 25.3 Å². The molecular formula is C16H16N6O4S. The van der Waals surface area contributed by atoms with Crippen molar-refractivity contribution >= 4 is 46.4 Å². The van der Waals surface area contributed by atoms with Crippen molar-refractivity contribution in [1.29, 1.82) is 0 Å². The molecule has 2 aromatic heterocycles. The molecular weight excluding hydrogens is 372 g/mol. The molecule has 11 heteroatoms. The number of amides is 1. The molecule has 0 aliphatic carbocycles. The Bertz CT molecular complexity index is 1020. The number of phenols is 1. The highest BCUT2D eigenvalue weighted by molar-refractivity contribution is 8.00. The molecule has 0 saturated carbocycles. The van der Waals surface area contributed by atoms with Gasteiger partial charge in [0.05, 0.1) is 22.8 Å². The molecule has 140 valence electrons. The van der Waals surface area contributed by atoms with Gasteiger partial charge >= 0.3 is 5.97 Å². The van der Waals surface area contributed by atoms with Crippen molar-refractivity contribution in [1.82, 2.24) is 19.9 Å². The Morgan fingerprint density at radius 2 is 2.15 bits per heavy atom. The zero-order chi connectivity index (χ0) is 19.6. The van der Waals surface area contributed by atoms with Crippen LogP contribution in [0.4, 0.5) is 11.6 Å². The number of carbonyl (C=O) groups is 2. The predicted molar refractivity (Wildman–Crippen MR) is 99.7 cm³/mol. The van der Waals surface area contributed by atoms with E-state index in [-0.39, 0.29) is 22.9 Å². The van der Waals surface area contributed by atoms with E-state index in [0.29, 0.717) is 22.6 Å². The first-order valence-electron chi connectivity index (χ1n) is 7.89. The number of aromatic amines is 1. The minimum atomic E-state index is -1.26. The normalized spacial score (nSPS) is 12.0. The number of fused-ring (bicyclic) bond motifs is 1. The molecule has 6 N–H and O–H groups in total. The van der Waals surface area contributed by atoms with Crippen molar-refractivity contribution < 1.29 is 19.8 Å². The van der Waals surface area contributed by atoms with Gasteiger partial charge in [-0.1, -0.05) is 18.7 Å². The maximum Gasteiger partial charge on any atom is 0.337 e. The molecule has 0 aliphatic heterocycles. The van der Waals surface area contributed by atoms with Crippen LogP contribution in [0.2, 0.25) is 0 Å². The lowest BCUT2D eigenvalue weighted by atomic mass is 10.1. The summed E-state index contributed by atoms with van der Waals surface area (Å²) in [5.74, 6) is -1.82. The summed E-state index contributed by atoms with van der Waals surface area (Å²) < 4.78 is 0. The Balaban J connectivity index is 1.85. The SMILES string of the molecule is CC[C@H](Sc1nc(N)nc2nc[nH]c12)C(=O)Nc1ccc(O)cc1C(=O)O. The summed E-state index contributed by atoms with van der Waals surface area (Å²) in [5, 5.41) is 21.2. The van der Waals surface area contributed by atoms with Crippen LogP contribution in [0.5, 0.6) is 5.75 Å². The molecule has 27 heavy (non-hydrogen) atoms. The number of thioether (sulfide) groups is 1. The van der Waals surface area contributed by atoms with Crippen LogP contribution in [0.1, 0.15) is 23.7 Å². The van der Waals surface area contributed by atoms with E-state index in [1.807, 2.05) is 6.92 Å². The fourth-order valence-corrected chi connectivity index (χ4v) is 3.41. The number of nitrogens with two attached hydrogens (primary N) is 1. The lowest BCUT2D eigenvalue weighted by Gasteiger charge is -2.16. The third kappa shape index (κ3) is 3.92. The summed E-state index contributed by atoms with van der Waals surface area (Å²) in [6.07, 6.45) is 1.91. The van der Waals surface area contributed by atoms with Crippen molar-refractivity contribution in [2.75, 3.05) is 11.1 Å². The summed E-state index contributed by atoms with van der Waals surface area (Å²) in [7, 11) is 0. The van der Waals surface area contributed by atoms with Crippen LogP contribution >= 0.6 is 11.8 Å². The van der Waals surface area contributed by atoms with E-state index in [4.69, 9.17) is 5.73 Å². The number of benzene rings is 1. The zero-order valence-corrected chi connectivity index (χ0v) is 14.9. The number of aromatic carboxylic acids is 1. The Kier molecular flexibility index (Phi) is 5.12. The second-order valence-electron chi connectivity index (χ2n) is 5.53. The summed E-state index contributed by atoms with van der Waals surface area (Å²) in [5.41, 5.74) is 6.54. The minimum Gasteiger partial charge on any atom is -0.508 e. The number of aromatic nitrogens is 4. The van der Waals surface area contributed by atoms with Crippen LogP contribution in [0.3, 0.4) is 0 Å². The van der Waals surface area contributed by atoms with Crippen molar-refractivity contribution in [2.24, 2.45) is 0 Å². The van der Waals surface area contributed by atoms with Crippen LogP contribution in [-0.2, 0) is 4.79 Å². The smallest absolute Gasteiger partial charge is 0.337 e. The van der Waals surface area contributed by atoms with Gasteiger partial charge < -0.3 is 26.2 Å². The predicted octanol–water partition coefficient (Wildman–Crippen LogP) is 1.85. The first-order chi connectivity index (χ1) is 12.9. The fourth-order valence-electron chi connectivity index (χ4n) is 2.40. The van der Waals surface area contributed by atoms with Crippen LogP contribution < -0.4 is 11.1 Å². The van der Waals surface area contributed by atoms with Gasteiger partial charge in [0, 0.05) is 0 Å². The Morgan fingerprint density at radius 3 is 2.85 bits per heavy atom. The van der Waals surface area contributed by atoms with Gasteiger partial charge in [-0.2, -0.15) is 4.98 Å². The van der Waals surface area contributed by atoms with Gasteiger partial charge in [0.2, 0.25) is 11.9 Å². The van der Waals surface area contributed by atoms with E-state index in [1.165, 1.54) is 30.2 Å². The van der Waals surface area contributed by atoms with E-state index >= 15 is 0 Å². The first kappa shape index (κ1) is 18.5. The Morgan fingerprint density at radius 1 is 1.37 bits per heavy atom. The largest absolute Gasteiger partial charge is 0.508 e. The molecule has 1 atom stereocenters. The molecule has 1 aromatic carbocycles. The van der Waals surface area contributed by atoms with E-state index in [1.54, 1.807) is 0 Å². The van der Waals surface area contributed by atoms with Gasteiger partial charge in [-0.25, -0.2) is 14.8 Å². The molecule has 0 fully saturated rings.